The highest BCUT2D eigenvalue weighted by molar-refractivity contribution is 5.77. The first-order valence-electron chi connectivity index (χ1n) is 11.8. The second kappa shape index (κ2) is 9.61. The predicted octanol–water partition coefficient (Wildman–Crippen LogP) is 3.38. The minimum Gasteiger partial charge on any atom is -0.465 e. The number of hydrogen-bond donors (Lipinski definition) is 3. The molecule has 0 spiro atoms. The largest absolute Gasteiger partial charge is 0.465 e. The molecule has 36 heavy (non-hydrogen) atoms. The van der Waals surface area contributed by atoms with Crippen LogP contribution < -0.4 is 10.6 Å². The molecule has 5 rings (SSSR count). The molecule has 4 heterocycles. The summed E-state index contributed by atoms with van der Waals surface area (Å²) in [5.41, 5.74) is 3.54. The van der Waals surface area contributed by atoms with Crippen LogP contribution in [0.4, 0.5) is 10.5 Å². The van der Waals surface area contributed by atoms with Gasteiger partial charge in [0.15, 0.2) is 11.5 Å². The summed E-state index contributed by atoms with van der Waals surface area (Å²) >= 11 is 0. The lowest BCUT2D eigenvalue weighted by molar-refractivity contribution is 0.185. The number of nitrogens with zero attached hydrogens (tertiary/aromatic N) is 8. The first-order chi connectivity index (χ1) is 17.4. The van der Waals surface area contributed by atoms with Gasteiger partial charge >= 0.3 is 6.09 Å². The van der Waals surface area contributed by atoms with E-state index in [1.165, 1.54) is 6.20 Å². The Labute approximate surface area is 207 Å². The SMILES string of the molecule is CC(C)Nc1cc(-n2ncc3cc(C#N)cnc32)ncc1-n1cc([C@H]2CC[C@@H](NC(=O)O)CC2)nn1. The number of anilines is 1. The van der Waals surface area contributed by atoms with E-state index in [4.69, 9.17) is 10.4 Å². The van der Waals surface area contributed by atoms with Crippen molar-refractivity contribution in [1.29, 1.82) is 5.26 Å². The molecule has 3 N–H and O–H groups in total. The zero-order chi connectivity index (χ0) is 25.2. The molecular weight excluding hydrogens is 460 g/mol. The molecule has 1 aliphatic carbocycles. The van der Waals surface area contributed by atoms with Crippen LogP contribution in [0.25, 0.3) is 22.5 Å². The van der Waals surface area contributed by atoms with Crippen molar-refractivity contribution in [1.82, 2.24) is 40.1 Å². The van der Waals surface area contributed by atoms with Gasteiger partial charge in [-0.15, -0.1) is 5.10 Å². The van der Waals surface area contributed by atoms with Crippen LogP contribution in [0.1, 0.15) is 56.7 Å². The summed E-state index contributed by atoms with van der Waals surface area (Å²) in [7, 11) is 0. The minimum absolute atomic E-state index is 0.00765. The van der Waals surface area contributed by atoms with Crippen LogP contribution in [0.15, 0.2) is 36.9 Å². The third-order valence-electron chi connectivity index (χ3n) is 6.30. The molecule has 1 fully saturated rings. The van der Waals surface area contributed by atoms with Crippen LogP contribution in [0.5, 0.6) is 0 Å². The van der Waals surface area contributed by atoms with E-state index in [1.807, 2.05) is 12.3 Å². The standard InChI is InChI=1S/C24H26N10O2/c1-14(2)29-19-8-22(34-23-17(11-28-34)7-15(9-25)10-27-23)26-12-21(19)33-13-20(31-32-33)16-3-5-18(6-4-16)30-24(35)36/h7-8,10-14,16,18,30H,3-6H2,1-2H3,(H,26,29)(H,35,36)/t16-,18+. The highest BCUT2D eigenvalue weighted by Crippen LogP contribution is 2.32. The molecule has 0 aromatic carbocycles. The third-order valence-corrected chi connectivity index (χ3v) is 6.30. The monoisotopic (exact) mass is 486 g/mol. The number of nitriles is 1. The maximum atomic E-state index is 10.9. The predicted molar refractivity (Wildman–Crippen MR) is 131 cm³/mol. The molecule has 0 unspecified atom stereocenters. The van der Waals surface area contributed by atoms with Crippen molar-refractivity contribution in [3.63, 3.8) is 0 Å². The molecule has 0 atom stereocenters. The molecule has 1 aliphatic rings. The van der Waals surface area contributed by atoms with E-state index in [1.54, 1.807) is 27.8 Å². The zero-order valence-electron chi connectivity index (χ0n) is 20.0. The number of fused-ring (bicyclic) bond motifs is 1. The number of nitrogens with one attached hydrogen (secondary N) is 2. The molecule has 0 radical (unpaired) electrons. The van der Waals surface area contributed by atoms with Crippen LogP contribution in [0.2, 0.25) is 0 Å². The van der Waals surface area contributed by atoms with Crippen molar-refractivity contribution in [2.24, 2.45) is 0 Å². The highest BCUT2D eigenvalue weighted by atomic mass is 16.4. The van der Waals surface area contributed by atoms with Crippen LogP contribution >= 0.6 is 0 Å². The van der Waals surface area contributed by atoms with Gasteiger partial charge in [-0.3, -0.25) is 0 Å². The summed E-state index contributed by atoms with van der Waals surface area (Å²) in [5, 5.41) is 38.1. The van der Waals surface area contributed by atoms with E-state index >= 15 is 0 Å². The molecule has 0 saturated heterocycles. The normalized spacial score (nSPS) is 17.7. The average Bonchev–Trinajstić information content (AvgIpc) is 3.51. The van der Waals surface area contributed by atoms with E-state index in [2.05, 4.69) is 55.9 Å². The van der Waals surface area contributed by atoms with Crippen molar-refractivity contribution < 1.29 is 9.90 Å². The first kappa shape index (κ1) is 23.2. The van der Waals surface area contributed by atoms with Gasteiger partial charge in [-0.05, 0) is 45.6 Å². The Kier molecular flexibility index (Phi) is 6.20. The molecule has 12 heteroatoms. The molecule has 1 saturated carbocycles. The van der Waals surface area contributed by atoms with E-state index < -0.39 is 6.09 Å². The van der Waals surface area contributed by atoms with E-state index in [-0.39, 0.29) is 18.0 Å². The number of rotatable bonds is 6. The van der Waals surface area contributed by atoms with E-state index in [0.29, 0.717) is 17.0 Å². The summed E-state index contributed by atoms with van der Waals surface area (Å²) in [5.74, 6) is 0.817. The van der Waals surface area contributed by atoms with Crippen LogP contribution in [0.3, 0.4) is 0 Å². The fraction of sp³-hybridized carbons (Fsp3) is 0.375. The van der Waals surface area contributed by atoms with Crippen molar-refractivity contribution in [3.8, 4) is 17.6 Å². The fourth-order valence-electron chi connectivity index (χ4n) is 4.60. The minimum atomic E-state index is -0.976. The van der Waals surface area contributed by atoms with Gasteiger partial charge in [-0.1, -0.05) is 5.21 Å². The van der Waals surface area contributed by atoms with Gasteiger partial charge in [0.05, 0.1) is 35.5 Å². The maximum Gasteiger partial charge on any atom is 0.404 e. The molecule has 4 aromatic rings. The van der Waals surface area contributed by atoms with Crippen LogP contribution in [-0.2, 0) is 0 Å². The van der Waals surface area contributed by atoms with E-state index in [9.17, 15) is 4.79 Å². The van der Waals surface area contributed by atoms with Gasteiger partial charge in [-0.2, -0.15) is 15.0 Å². The van der Waals surface area contributed by atoms with Crippen molar-refractivity contribution >= 4 is 22.8 Å². The number of hydrogen-bond acceptors (Lipinski definition) is 8. The Morgan fingerprint density at radius 3 is 2.69 bits per heavy atom. The van der Waals surface area contributed by atoms with Crippen LogP contribution in [0, 0.1) is 11.3 Å². The first-order valence-corrected chi connectivity index (χ1v) is 11.8. The molecule has 4 aromatic heterocycles. The number of amides is 1. The van der Waals surface area contributed by atoms with Crippen LogP contribution in [-0.4, -0.2) is 58.0 Å². The second-order valence-electron chi connectivity index (χ2n) is 9.25. The maximum absolute atomic E-state index is 10.9. The topological polar surface area (TPSA) is 159 Å². The number of carboxylic acid groups (broad SMARTS) is 1. The molecule has 1 amide bonds. The zero-order valence-corrected chi connectivity index (χ0v) is 20.0. The average molecular weight is 487 g/mol. The van der Waals surface area contributed by atoms with Crippen molar-refractivity contribution in [3.05, 3.63) is 48.2 Å². The summed E-state index contributed by atoms with van der Waals surface area (Å²) < 4.78 is 3.36. The summed E-state index contributed by atoms with van der Waals surface area (Å²) in [6.45, 7) is 4.10. The van der Waals surface area contributed by atoms with Gasteiger partial charge in [0.1, 0.15) is 11.8 Å². The lowest BCUT2D eigenvalue weighted by Crippen LogP contribution is -2.36. The Bertz CT molecular complexity index is 1440. The van der Waals surface area contributed by atoms with Crippen molar-refractivity contribution in [2.75, 3.05) is 5.32 Å². The third kappa shape index (κ3) is 4.68. The second-order valence-corrected chi connectivity index (χ2v) is 9.25. The molecule has 0 bridgehead atoms. The van der Waals surface area contributed by atoms with Gasteiger partial charge < -0.3 is 15.7 Å². The fourth-order valence-corrected chi connectivity index (χ4v) is 4.60. The smallest absolute Gasteiger partial charge is 0.404 e. The highest BCUT2D eigenvalue weighted by Gasteiger charge is 2.26. The Balaban J connectivity index is 1.42. The van der Waals surface area contributed by atoms with Gasteiger partial charge in [0.2, 0.25) is 0 Å². The quantitative estimate of drug-likeness (QED) is 0.371. The number of aromatic nitrogens is 7. The summed E-state index contributed by atoms with van der Waals surface area (Å²) in [4.78, 5) is 19.9. The number of carbonyl (C=O) groups is 1. The number of pyridine rings is 2. The van der Waals surface area contributed by atoms with Gasteiger partial charge in [-0.25, -0.2) is 19.4 Å². The Hall–Kier alpha value is -4.53. The lowest BCUT2D eigenvalue weighted by atomic mass is 9.84. The summed E-state index contributed by atoms with van der Waals surface area (Å²) in [6, 6.07) is 5.88. The summed E-state index contributed by atoms with van der Waals surface area (Å²) in [6.07, 6.45) is 9.12. The van der Waals surface area contributed by atoms with Gasteiger partial charge in [0.25, 0.3) is 0 Å². The molecule has 12 nitrogen and oxygen atoms in total. The molecule has 0 aliphatic heterocycles. The van der Waals surface area contributed by atoms with E-state index in [0.717, 1.165) is 48.1 Å². The Morgan fingerprint density at radius 2 is 1.97 bits per heavy atom. The Morgan fingerprint density at radius 1 is 1.17 bits per heavy atom. The lowest BCUT2D eigenvalue weighted by Gasteiger charge is -2.26. The van der Waals surface area contributed by atoms with Crippen molar-refractivity contribution in [2.45, 2.75) is 57.5 Å². The van der Waals surface area contributed by atoms with Gasteiger partial charge in [0, 0.05) is 35.7 Å². The molecular formula is C24H26N10O2. The molecule has 184 valence electrons.